The summed E-state index contributed by atoms with van der Waals surface area (Å²) in [5.74, 6) is -1.18. The fraction of sp³-hybridized carbons (Fsp3) is 0.400. The molecule has 0 bridgehead atoms. The van der Waals surface area contributed by atoms with Crippen molar-refractivity contribution in [1.82, 2.24) is 9.80 Å². The minimum absolute atomic E-state index is 0.0125. The van der Waals surface area contributed by atoms with Crippen molar-refractivity contribution >= 4 is 39.7 Å². The number of aliphatic carboxylic acids is 1. The van der Waals surface area contributed by atoms with Crippen molar-refractivity contribution in [3.05, 3.63) is 63.6 Å². The van der Waals surface area contributed by atoms with Crippen molar-refractivity contribution in [3.8, 4) is 0 Å². The number of benzene rings is 2. The van der Waals surface area contributed by atoms with Crippen LogP contribution in [0.5, 0.6) is 0 Å². The van der Waals surface area contributed by atoms with Crippen molar-refractivity contribution in [2.24, 2.45) is 0 Å². The Kier molecular flexibility index (Phi) is 7.41. The maximum atomic E-state index is 12.8. The predicted octanol–water partition coefficient (Wildman–Crippen LogP) is 4.44. The van der Waals surface area contributed by atoms with E-state index in [1.165, 1.54) is 4.90 Å². The number of halogens is 1. The van der Waals surface area contributed by atoms with Crippen molar-refractivity contribution in [2.75, 3.05) is 25.0 Å². The second kappa shape index (κ2) is 10.5. The molecule has 4 rings (SSSR count). The van der Waals surface area contributed by atoms with Crippen LogP contribution in [0.2, 0.25) is 0 Å². The zero-order chi connectivity index (χ0) is 24.2. The molecule has 0 unspecified atom stereocenters. The first-order chi connectivity index (χ1) is 16.3. The maximum absolute atomic E-state index is 12.8. The van der Waals surface area contributed by atoms with Crippen LogP contribution < -0.4 is 5.32 Å². The molecular weight excluding hydrogens is 502 g/mol. The first-order valence-electron chi connectivity index (χ1n) is 11.4. The van der Waals surface area contributed by atoms with E-state index in [-0.39, 0.29) is 18.5 Å². The van der Waals surface area contributed by atoms with Gasteiger partial charge in [0.1, 0.15) is 0 Å². The number of likely N-dealkylation sites (tertiary alicyclic amines) is 1. The predicted molar refractivity (Wildman–Crippen MR) is 131 cm³/mol. The number of carboxylic acid groups (broad SMARTS) is 1. The summed E-state index contributed by atoms with van der Waals surface area (Å²) in [6.45, 7) is 3.37. The third-order valence-corrected chi connectivity index (χ3v) is 7.34. The molecule has 1 saturated heterocycles. The third-order valence-electron chi connectivity index (χ3n) is 6.48. The molecule has 2 aromatic carbocycles. The average molecular weight is 530 g/mol. The van der Waals surface area contributed by atoms with Gasteiger partial charge in [-0.05, 0) is 55.0 Å². The van der Waals surface area contributed by atoms with E-state index < -0.39 is 18.2 Å². The van der Waals surface area contributed by atoms with Crippen LogP contribution in [-0.4, -0.2) is 64.8 Å². The number of piperidine rings is 1. The van der Waals surface area contributed by atoms with Crippen LogP contribution in [0.25, 0.3) is 0 Å². The van der Waals surface area contributed by atoms with Gasteiger partial charge in [0, 0.05) is 42.3 Å². The Labute approximate surface area is 207 Å². The monoisotopic (exact) mass is 529 g/mol. The second-order valence-corrected chi connectivity index (χ2v) is 9.60. The van der Waals surface area contributed by atoms with Gasteiger partial charge < -0.3 is 25.0 Å². The molecule has 180 valence electrons. The van der Waals surface area contributed by atoms with E-state index in [0.29, 0.717) is 32.5 Å². The van der Waals surface area contributed by atoms with E-state index >= 15 is 0 Å². The van der Waals surface area contributed by atoms with Crippen LogP contribution in [0.4, 0.5) is 15.3 Å². The molecule has 0 saturated carbocycles. The minimum atomic E-state index is -1.27. The fourth-order valence-electron chi connectivity index (χ4n) is 4.45. The molecule has 2 aromatic rings. The summed E-state index contributed by atoms with van der Waals surface area (Å²) >= 11 is 3.45. The lowest BCUT2D eigenvalue weighted by Gasteiger charge is -2.37. The summed E-state index contributed by atoms with van der Waals surface area (Å²) in [7, 11) is 0. The molecule has 2 aliphatic rings. The fourth-order valence-corrected chi connectivity index (χ4v) is 4.88. The molecule has 3 amide bonds. The molecule has 1 atom stereocenters. The largest absolute Gasteiger partial charge is 0.478 e. The van der Waals surface area contributed by atoms with E-state index in [1.54, 1.807) is 0 Å². The second-order valence-electron chi connectivity index (χ2n) is 8.75. The SMILES string of the molecule is Cc1ccc(C[C@@H](OC(=O)N2CCC(N3CCc4ccccc4NC3=O)CC2)C(=O)O)cc1Br. The number of ether oxygens (including phenoxy) is 1. The number of carboxylic acids is 1. The molecule has 0 spiro atoms. The molecule has 1 fully saturated rings. The van der Waals surface area contributed by atoms with Gasteiger partial charge in [0.15, 0.2) is 0 Å². The van der Waals surface area contributed by atoms with E-state index in [0.717, 1.165) is 33.3 Å². The van der Waals surface area contributed by atoms with Gasteiger partial charge in [-0.25, -0.2) is 14.4 Å². The molecule has 0 aromatic heterocycles. The van der Waals surface area contributed by atoms with Crippen LogP contribution in [-0.2, 0) is 22.4 Å². The zero-order valence-corrected chi connectivity index (χ0v) is 20.6. The molecule has 34 heavy (non-hydrogen) atoms. The number of carbonyl (C=O) groups is 3. The lowest BCUT2D eigenvalue weighted by Crippen LogP contribution is -2.50. The summed E-state index contributed by atoms with van der Waals surface area (Å²) in [6.07, 6.45) is 0.181. The zero-order valence-electron chi connectivity index (χ0n) is 19.0. The van der Waals surface area contributed by atoms with Crippen LogP contribution in [0.15, 0.2) is 46.9 Å². The summed E-state index contributed by atoms with van der Waals surface area (Å²) in [6, 6.07) is 13.3. The number of fused-ring (bicyclic) bond motifs is 1. The highest BCUT2D eigenvalue weighted by Gasteiger charge is 2.33. The first kappa shape index (κ1) is 24.1. The molecule has 2 N–H and O–H groups in total. The number of hydrogen-bond acceptors (Lipinski definition) is 4. The van der Waals surface area contributed by atoms with Gasteiger partial charge in [0.25, 0.3) is 0 Å². The number of carbonyl (C=O) groups excluding carboxylic acids is 2. The van der Waals surface area contributed by atoms with Gasteiger partial charge in [0.2, 0.25) is 6.10 Å². The number of nitrogens with zero attached hydrogens (tertiary/aromatic N) is 2. The van der Waals surface area contributed by atoms with Crippen LogP contribution in [0, 0.1) is 6.92 Å². The van der Waals surface area contributed by atoms with Crippen LogP contribution in [0.1, 0.15) is 29.5 Å². The highest BCUT2D eigenvalue weighted by atomic mass is 79.9. The summed E-state index contributed by atoms with van der Waals surface area (Å²) < 4.78 is 6.25. The Morgan fingerprint density at radius 1 is 1.18 bits per heavy atom. The Bertz CT molecular complexity index is 1080. The molecule has 2 aliphatic heterocycles. The van der Waals surface area contributed by atoms with Crippen molar-refractivity contribution in [3.63, 3.8) is 0 Å². The minimum Gasteiger partial charge on any atom is -0.478 e. The number of hydrogen-bond donors (Lipinski definition) is 2. The molecule has 8 nitrogen and oxygen atoms in total. The molecule has 0 radical (unpaired) electrons. The van der Waals surface area contributed by atoms with E-state index in [1.807, 2.05) is 54.3 Å². The van der Waals surface area contributed by atoms with Gasteiger partial charge in [-0.3, -0.25) is 0 Å². The topological polar surface area (TPSA) is 99.2 Å². The molecular formula is C25H28BrN3O5. The maximum Gasteiger partial charge on any atom is 0.410 e. The number of nitrogens with one attached hydrogen (secondary N) is 1. The summed E-state index contributed by atoms with van der Waals surface area (Å²) in [5, 5.41) is 12.6. The average Bonchev–Trinajstić information content (AvgIpc) is 2.99. The van der Waals surface area contributed by atoms with E-state index in [9.17, 15) is 19.5 Å². The number of amides is 3. The highest BCUT2D eigenvalue weighted by Crippen LogP contribution is 2.25. The smallest absolute Gasteiger partial charge is 0.410 e. The number of urea groups is 1. The van der Waals surface area contributed by atoms with Crippen molar-refractivity contribution < 1.29 is 24.2 Å². The van der Waals surface area contributed by atoms with Crippen LogP contribution in [0.3, 0.4) is 0 Å². The van der Waals surface area contributed by atoms with Gasteiger partial charge >= 0.3 is 18.1 Å². The normalized spacial score (nSPS) is 17.4. The quantitative estimate of drug-likeness (QED) is 0.596. The lowest BCUT2D eigenvalue weighted by atomic mass is 10.0. The Morgan fingerprint density at radius 2 is 1.91 bits per heavy atom. The standard InChI is InChI=1S/C25H28BrN3O5/c1-16-6-7-17(14-20(16)26)15-22(23(30)31)34-25(33)28-11-9-19(10-12-28)29-13-8-18-4-2-3-5-21(18)27-24(29)32/h2-7,14,19,22H,8-13,15H2,1H3,(H,27,32)(H,30,31)/t22-/m1/s1. The van der Waals surface area contributed by atoms with Crippen LogP contribution >= 0.6 is 15.9 Å². The van der Waals surface area contributed by atoms with Gasteiger partial charge in [0.05, 0.1) is 0 Å². The Morgan fingerprint density at radius 3 is 2.62 bits per heavy atom. The lowest BCUT2D eigenvalue weighted by molar-refractivity contribution is -0.147. The number of rotatable bonds is 5. The Hall–Kier alpha value is -3.07. The number of anilines is 1. The molecule has 2 heterocycles. The van der Waals surface area contributed by atoms with Gasteiger partial charge in [-0.2, -0.15) is 0 Å². The summed E-state index contributed by atoms with van der Waals surface area (Å²) in [5.41, 5.74) is 3.76. The van der Waals surface area contributed by atoms with Crippen molar-refractivity contribution in [1.29, 1.82) is 0 Å². The van der Waals surface area contributed by atoms with E-state index in [2.05, 4.69) is 21.2 Å². The summed E-state index contributed by atoms with van der Waals surface area (Å²) in [4.78, 5) is 40.6. The van der Waals surface area contributed by atoms with E-state index in [4.69, 9.17) is 4.74 Å². The number of para-hydroxylation sites is 1. The highest BCUT2D eigenvalue weighted by molar-refractivity contribution is 9.10. The first-order valence-corrected chi connectivity index (χ1v) is 12.2. The molecule has 0 aliphatic carbocycles. The molecule has 9 heteroatoms. The van der Waals surface area contributed by atoms with Gasteiger partial charge in [-0.1, -0.05) is 46.3 Å². The van der Waals surface area contributed by atoms with Gasteiger partial charge in [-0.15, -0.1) is 0 Å². The Balaban J connectivity index is 1.32. The third kappa shape index (κ3) is 5.52. The number of aryl methyl sites for hydroxylation is 1. The van der Waals surface area contributed by atoms with Crippen molar-refractivity contribution in [2.45, 2.75) is 44.8 Å².